The van der Waals surface area contributed by atoms with Crippen molar-refractivity contribution in [3.05, 3.63) is 0 Å². The lowest BCUT2D eigenvalue weighted by Gasteiger charge is -2.25. The molecule has 0 aromatic carbocycles. The molecule has 0 aromatic rings. The number of carbonyl (C=O) groups is 3. The van der Waals surface area contributed by atoms with E-state index in [4.69, 9.17) is 30.4 Å². The zero-order valence-corrected chi connectivity index (χ0v) is 22.0. The van der Waals surface area contributed by atoms with E-state index in [1.807, 2.05) is 6.92 Å². The van der Waals surface area contributed by atoms with Crippen molar-refractivity contribution in [1.82, 2.24) is 10.6 Å². The van der Waals surface area contributed by atoms with Crippen LogP contribution in [0.1, 0.15) is 58.8 Å². The maximum atomic E-state index is 12.7. The Hall–Kier alpha value is -1.83. The number of aliphatic hydroxyl groups excluding tert-OH is 1. The van der Waals surface area contributed by atoms with Crippen LogP contribution in [0.4, 0.5) is 0 Å². The molecule has 0 aliphatic carbocycles. The molecule has 3 atom stereocenters. The van der Waals surface area contributed by atoms with Crippen molar-refractivity contribution in [1.29, 1.82) is 0 Å². The molecule has 0 fully saturated rings. The summed E-state index contributed by atoms with van der Waals surface area (Å²) in [7, 11) is 0. The van der Waals surface area contributed by atoms with Crippen LogP contribution in [0.5, 0.6) is 0 Å². The van der Waals surface area contributed by atoms with E-state index in [1.165, 1.54) is 0 Å². The highest BCUT2D eigenvalue weighted by Crippen LogP contribution is 2.09. The predicted octanol–water partition coefficient (Wildman–Crippen LogP) is -0.402. The van der Waals surface area contributed by atoms with Crippen LogP contribution in [0, 0.1) is 0 Å². The SMILES string of the molecule is CCCCCC[C@@H](O)[C@H](NC(=O)[C@H](CCN)NC(=O)CCOCCOCCOCCOCC)C(N)=O. The third kappa shape index (κ3) is 18.4. The molecule has 0 rings (SSSR count). The number of hydrogen-bond donors (Lipinski definition) is 5. The van der Waals surface area contributed by atoms with Crippen molar-refractivity contribution in [2.45, 2.75) is 77.0 Å². The van der Waals surface area contributed by atoms with Gasteiger partial charge in [0, 0.05) is 13.0 Å². The smallest absolute Gasteiger partial charge is 0.243 e. The summed E-state index contributed by atoms with van der Waals surface area (Å²) in [6.45, 7) is 7.61. The van der Waals surface area contributed by atoms with Gasteiger partial charge in [-0.15, -0.1) is 0 Å². The maximum Gasteiger partial charge on any atom is 0.243 e. The highest BCUT2D eigenvalue weighted by Gasteiger charge is 2.29. The van der Waals surface area contributed by atoms with Gasteiger partial charge < -0.3 is 46.2 Å². The second-order valence-corrected chi connectivity index (χ2v) is 8.29. The average Bonchev–Trinajstić information content (AvgIpc) is 2.85. The van der Waals surface area contributed by atoms with Gasteiger partial charge in [-0.25, -0.2) is 0 Å². The number of primary amides is 1. The number of unbranched alkanes of at least 4 members (excludes halogenated alkanes) is 3. The minimum atomic E-state index is -1.24. The number of nitrogens with two attached hydrogens (primary N) is 2. The maximum absolute atomic E-state index is 12.7. The fourth-order valence-corrected chi connectivity index (χ4v) is 3.23. The first-order valence-corrected chi connectivity index (χ1v) is 12.9. The zero-order valence-electron chi connectivity index (χ0n) is 22.0. The van der Waals surface area contributed by atoms with Gasteiger partial charge in [0.05, 0.1) is 52.4 Å². The van der Waals surface area contributed by atoms with Gasteiger partial charge in [0.15, 0.2) is 0 Å². The van der Waals surface area contributed by atoms with Crippen LogP contribution < -0.4 is 22.1 Å². The topological polar surface area (TPSA) is 184 Å². The lowest BCUT2D eigenvalue weighted by Crippen LogP contribution is -2.57. The van der Waals surface area contributed by atoms with E-state index in [-0.39, 0.29) is 26.0 Å². The van der Waals surface area contributed by atoms with Gasteiger partial charge in [-0.3, -0.25) is 14.4 Å². The van der Waals surface area contributed by atoms with Crippen LogP contribution in [0.15, 0.2) is 0 Å². The van der Waals surface area contributed by atoms with E-state index in [0.29, 0.717) is 59.1 Å². The first kappa shape index (κ1) is 34.2. The molecular weight excluding hydrogens is 472 g/mol. The van der Waals surface area contributed by atoms with Crippen molar-refractivity contribution >= 4 is 17.7 Å². The summed E-state index contributed by atoms with van der Waals surface area (Å²) in [5.41, 5.74) is 11.0. The third-order valence-electron chi connectivity index (χ3n) is 5.24. The third-order valence-corrected chi connectivity index (χ3v) is 5.24. The minimum absolute atomic E-state index is 0.0359. The van der Waals surface area contributed by atoms with Gasteiger partial charge in [-0.05, 0) is 26.3 Å². The number of nitrogens with one attached hydrogen (secondary N) is 2. The number of ether oxygens (including phenoxy) is 4. The first-order valence-electron chi connectivity index (χ1n) is 12.9. The van der Waals surface area contributed by atoms with Crippen LogP contribution >= 0.6 is 0 Å². The summed E-state index contributed by atoms with van der Waals surface area (Å²) in [4.78, 5) is 36.7. The molecular formula is C24H48N4O8. The summed E-state index contributed by atoms with van der Waals surface area (Å²) in [5.74, 6) is -1.86. The van der Waals surface area contributed by atoms with E-state index in [1.54, 1.807) is 0 Å². The highest BCUT2D eigenvalue weighted by atomic mass is 16.6. The number of amides is 3. The Morgan fingerprint density at radius 1 is 0.806 bits per heavy atom. The molecule has 12 nitrogen and oxygen atoms in total. The summed E-state index contributed by atoms with van der Waals surface area (Å²) >= 11 is 0. The molecule has 0 radical (unpaired) electrons. The number of rotatable bonds is 25. The van der Waals surface area contributed by atoms with Gasteiger partial charge in [-0.1, -0.05) is 32.6 Å². The van der Waals surface area contributed by atoms with Crippen LogP contribution in [0.3, 0.4) is 0 Å². The fourth-order valence-electron chi connectivity index (χ4n) is 3.23. The largest absolute Gasteiger partial charge is 0.390 e. The lowest BCUT2D eigenvalue weighted by molar-refractivity contribution is -0.133. The Labute approximate surface area is 215 Å². The summed E-state index contributed by atoms with van der Waals surface area (Å²) < 4.78 is 21.2. The molecule has 0 saturated heterocycles. The Bertz CT molecular complexity index is 582. The molecule has 12 heteroatoms. The monoisotopic (exact) mass is 520 g/mol. The second-order valence-electron chi connectivity index (χ2n) is 8.29. The molecule has 3 amide bonds. The van der Waals surface area contributed by atoms with Crippen molar-refractivity contribution in [3.8, 4) is 0 Å². The van der Waals surface area contributed by atoms with Crippen molar-refractivity contribution in [2.24, 2.45) is 11.5 Å². The van der Waals surface area contributed by atoms with E-state index in [0.717, 1.165) is 19.3 Å². The summed E-state index contributed by atoms with van der Waals surface area (Å²) in [6.07, 6.45) is 3.12. The Morgan fingerprint density at radius 2 is 1.39 bits per heavy atom. The molecule has 212 valence electrons. The van der Waals surface area contributed by atoms with E-state index >= 15 is 0 Å². The molecule has 0 aliphatic rings. The molecule has 0 aromatic heterocycles. The van der Waals surface area contributed by atoms with E-state index in [2.05, 4.69) is 17.6 Å². The molecule has 0 saturated carbocycles. The molecule has 7 N–H and O–H groups in total. The standard InChI is InChI=1S/C24H48N4O8/c1-3-5-6-7-8-20(29)22(23(26)31)28-24(32)19(9-11-25)27-21(30)10-12-34-15-16-36-18-17-35-14-13-33-4-2/h19-20,22,29H,3-18,25H2,1-2H3,(H2,26,31)(H,27,30)(H,28,32)/t19-,20+,22-/m0/s1. The van der Waals surface area contributed by atoms with Crippen molar-refractivity contribution in [2.75, 3.05) is 59.4 Å². The normalized spacial score (nSPS) is 13.7. The van der Waals surface area contributed by atoms with Gasteiger partial charge >= 0.3 is 0 Å². The highest BCUT2D eigenvalue weighted by molar-refractivity contribution is 5.91. The lowest BCUT2D eigenvalue weighted by atomic mass is 10.0. The average molecular weight is 521 g/mol. The van der Waals surface area contributed by atoms with Gasteiger partial charge in [0.25, 0.3) is 0 Å². The molecule has 0 heterocycles. The van der Waals surface area contributed by atoms with Gasteiger partial charge in [-0.2, -0.15) is 0 Å². The van der Waals surface area contributed by atoms with Crippen molar-refractivity contribution < 1.29 is 38.4 Å². The molecule has 0 spiro atoms. The molecule has 0 unspecified atom stereocenters. The number of carbonyl (C=O) groups excluding carboxylic acids is 3. The Balaban J connectivity index is 4.25. The first-order chi connectivity index (χ1) is 17.4. The van der Waals surface area contributed by atoms with Crippen LogP contribution in [0.2, 0.25) is 0 Å². The van der Waals surface area contributed by atoms with Crippen LogP contribution in [-0.4, -0.2) is 100 Å². The Kier molecular flexibility index (Phi) is 22.4. The zero-order chi connectivity index (χ0) is 27.0. The minimum Gasteiger partial charge on any atom is -0.390 e. The Morgan fingerprint density at radius 3 is 1.92 bits per heavy atom. The van der Waals surface area contributed by atoms with Crippen molar-refractivity contribution in [3.63, 3.8) is 0 Å². The summed E-state index contributed by atoms with van der Waals surface area (Å²) in [5, 5.41) is 15.4. The van der Waals surface area contributed by atoms with E-state index in [9.17, 15) is 19.5 Å². The summed E-state index contributed by atoms with van der Waals surface area (Å²) in [6, 6.07) is -2.20. The van der Waals surface area contributed by atoms with Gasteiger partial charge in [0.1, 0.15) is 12.1 Å². The van der Waals surface area contributed by atoms with E-state index < -0.39 is 35.9 Å². The second kappa shape index (κ2) is 23.6. The quantitative estimate of drug-likeness (QED) is 0.0999. The van der Waals surface area contributed by atoms with Crippen LogP contribution in [0.25, 0.3) is 0 Å². The predicted molar refractivity (Wildman–Crippen MR) is 135 cm³/mol. The molecule has 0 bridgehead atoms. The molecule has 36 heavy (non-hydrogen) atoms. The number of aliphatic hydroxyl groups is 1. The molecule has 0 aliphatic heterocycles. The van der Waals surface area contributed by atoms with Gasteiger partial charge in [0.2, 0.25) is 17.7 Å². The number of hydrogen-bond acceptors (Lipinski definition) is 9. The fraction of sp³-hybridized carbons (Fsp3) is 0.875. The van der Waals surface area contributed by atoms with Crippen LogP contribution in [-0.2, 0) is 33.3 Å².